The minimum absolute atomic E-state index is 0.335. The van der Waals surface area contributed by atoms with Crippen LogP contribution >= 0.6 is 0 Å². The van der Waals surface area contributed by atoms with Crippen LogP contribution < -0.4 is 5.32 Å². The molecule has 3 rings (SSSR count). The Hall–Kier alpha value is -1.23. The van der Waals surface area contributed by atoms with Crippen molar-refractivity contribution in [2.24, 2.45) is 0 Å². The lowest BCUT2D eigenvalue weighted by Crippen LogP contribution is -2.31. The zero-order chi connectivity index (χ0) is 14.3. The standard InChI is InChI=1S/C15H19F3N2/c1-10-8-13(9-20(10)14-6-7-14)19-12-4-2-11(3-5-12)15(16,17)18/h2-5,10,13-14,19H,6-9H2,1H3. The number of benzene rings is 1. The number of rotatable bonds is 3. The monoisotopic (exact) mass is 284 g/mol. The molecule has 110 valence electrons. The Morgan fingerprint density at radius 2 is 1.80 bits per heavy atom. The first-order chi connectivity index (χ1) is 9.43. The summed E-state index contributed by atoms with van der Waals surface area (Å²) in [5, 5.41) is 3.35. The van der Waals surface area contributed by atoms with Gasteiger partial charge in [0.2, 0.25) is 0 Å². The molecule has 2 nitrogen and oxygen atoms in total. The van der Waals surface area contributed by atoms with Crippen molar-refractivity contribution in [3.05, 3.63) is 29.8 Å². The highest BCUT2D eigenvalue weighted by Gasteiger charge is 2.38. The van der Waals surface area contributed by atoms with Crippen LogP contribution in [0, 0.1) is 0 Å². The molecule has 0 bridgehead atoms. The van der Waals surface area contributed by atoms with Crippen LogP contribution in [0.4, 0.5) is 18.9 Å². The van der Waals surface area contributed by atoms with Gasteiger partial charge in [0, 0.05) is 30.4 Å². The predicted octanol–water partition coefficient (Wildman–Crippen LogP) is 3.74. The van der Waals surface area contributed by atoms with Crippen molar-refractivity contribution in [2.45, 2.75) is 50.5 Å². The van der Waals surface area contributed by atoms with E-state index in [0.717, 1.165) is 36.8 Å². The van der Waals surface area contributed by atoms with Gasteiger partial charge in [-0.25, -0.2) is 0 Å². The number of hydrogen-bond donors (Lipinski definition) is 1. The SMILES string of the molecule is CC1CC(Nc2ccc(C(F)(F)F)cc2)CN1C1CC1. The quantitative estimate of drug-likeness (QED) is 0.909. The van der Waals surface area contributed by atoms with E-state index in [4.69, 9.17) is 0 Å². The van der Waals surface area contributed by atoms with Crippen LogP contribution in [0.5, 0.6) is 0 Å². The van der Waals surface area contributed by atoms with Crippen LogP contribution in [0.25, 0.3) is 0 Å². The normalized spacial score (nSPS) is 27.8. The summed E-state index contributed by atoms with van der Waals surface area (Å²) in [6, 6.07) is 6.96. The van der Waals surface area contributed by atoms with E-state index in [9.17, 15) is 13.2 Å². The van der Waals surface area contributed by atoms with Crippen LogP contribution in [0.1, 0.15) is 31.7 Å². The molecule has 0 amide bonds. The maximum Gasteiger partial charge on any atom is 0.416 e. The van der Waals surface area contributed by atoms with Crippen molar-refractivity contribution >= 4 is 5.69 Å². The summed E-state index contributed by atoms with van der Waals surface area (Å²) >= 11 is 0. The minimum Gasteiger partial charge on any atom is -0.381 e. The van der Waals surface area contributed by atoms with Crippen molar-refractivity contribution in [3.63, 3.8) is 0 Å². The molecule has 0 radical (unpaired) electrons. The summed E-state index contributed by atoms with van der Waals surface area (Å²) < 4.78 is 37.5. The Morgan fingerprint density at radius 1 is 1.15 bits per heavy atom. The number of nitrogens with one attached hydrogen (secondary N) is 1. The van der Waals surface area contributed by atoms with Gasteiger partial charge in [0.25, 0.3) is 0 Å². The maximum atomic E-state index is 12.5. The third kappa shape index (κ3) is 2.92. The molecule has 1 N–H and O–H groups in total. The van der Waals surface area contributed by atoms with Crippen molar-refractivity contribution in [1.82, 2.24) is 4.90 Å². The topological polar surface area (TPSA) is 15.3 Å². The van der Waals surface area contributed by atoms with E-state index in [0.29, 0.717) is 12.1 Å². The second-order valence-electron chi connectivity index (χ2n) is 5.93. The third-order valence-electron chi connectivity index (χ3n) is 4.22. The molecule has 2 unspecified atom stereocenters. The van der Waals surface area contributed by atoms with Crippen LogP contribution in [0.2, 0.25) is 0 Å². The third-order valence-corrected chi connectivity index (χ3v) is 4.22. The lowest BCUT2D eigenvalue weighted by Gasteiger charge is -2.20. The molecule has 1 heterocycles. The highest BCUT2D eigenvalue weighted by molar-refractivity contribution is 5.46. The van der Waals surface area contributed by atoms with E-state index >= 15 is 0 Å². The predicted molar refractivity (Wildman–Crippen MR) is 72.7 cm³/mol. The van der Waals surface area contributed by atoms with Crippen LogP contribution in [-0.4, -0.2) is 29.6 Å². The van der Waals surface area contributed by atoms with Gasteiger partial charge in [0.1, 0.15) is 0 Å². The Kier molecular flexibility index (Phi) is 3.40. The van der Waals surface area contributed by atoms with Crippen LogP contribution in [0.15, 0.2) is 24.3 Å². The summed E-state index contributed by atoms with van der Waals surface area (Å²) in [7, 11) is 0. The Morgan fingerprint density at radius 3 is 2.35 bits per heavy atom. The second-order valence-corrected chi connectivity index (χ2v) is 5.93. The zero-order valence-corrected chi connectivity index (χ0v) is 11.5. The van der Waals surface area contributed by atoms with Crippen molar-refractivity contribution in [1.29, 1.82) is 0 Å². The van der Waals surface area contributed by atoms with E-state index in [1.807, 2.05) is 0 Å². The van der Waals surface area contributed by atoms with Crippen molar-refractivity contribution in [3.8, 4) is 0 Å². The average Bonchev–Trinajstić information content (AvgIpc) is 3.14. The molecule has 1 saturated carbocycles. The van der Waals surface area contributed by atoms with Crippen LogP contribution in [-0.2, 0) is 6.18 Å². The number of hydrogen-bond acceptors (Lipinski definition) is 2. The van der Waals surface area contributed by atoms with Gasteiger partial charge in [0.05, 0.1) is 5.56 Å². The van der Waals surface area contributed by atoms with Gasteiger partial charge in [-0.05, 0) is 50.5 Å². The molecular weight excluding hydrogens is 265 g/mol. The summed E-state index contributed by atoms with van der Waals surface area (Å²) in [5.74, 6) is 0. The molecule has 1 aromatic rings. The first-order valence-corrected chi connectivity index (χ1v) is 7.13. The fourth-order valence-electron chi connectivity index (χ4n) is 3.07. The first-order valence-electron chi connectivity index (χ1n) is 7.13. The van der Waals surface area contributed by atoms with E-state index in [1.165, 1.54) is 25.0 Å². The molecular formula is C15H19F3N2. The summed E-state index contributed by atoms with van der Waals surface area (Å²) in [6.45, 7) is 3.22. The summed E-state index contributed by atoms with van der Waals surface area (Å²) in [4.78, 5) is 2.52. The summed E-state index contributed by atoms with van der Waals surface area (Å²) in [6.07, 6.45) is -0.630. The number of nitrogens with zero attached hydrogens (tertiary/aromatic N) is 1. The average molecular weight is 284 g/mol. The Balaban J connectivity index is 1.61. The van der Waals surface area contributed by atoms with Gasteiger partial charge >= 0.3 is 6.18 Å². The van der Waals surface area contributed by atoms with E-state index in [-0.39, 0.29) is 0 Å². The maximum absolute atomic E-state index is 12.5. The lowest BCUT2D eigenvalue weighted by molar-refractivity contribution is -0.137. The van der Waals surface area contributed by atoms with E-state index < -0.39 is 11.7 Å². The highest BCUT2D eigenvalue weighted by atomic mass is 19.4. The minimum atomic E-state index is -4.26. The molecule has 1 aliphatic carbocycles. The van der Waals surface area contributed by atoms with Gasteiger partial charge in [-0.1, -0.05) is 0 Å². The highest BCUT2D eigenvalue weighted by Crippen LogP contribution is 2.34. The number of likely N-dealkylation sites (tertiary alicyclic amines) is 1. The van der Waals surface area contributed by atoms with Gasteiger partial charge in [0.15, 0.2) is 0 Å². The summed E-state index contributed by atoms with van der Waals surface area (Å²) in [5.41, 5.74) is 0.176. The molecule has 1 saturated heterocycles. The molecule has 20 heavy (non-hydrogen) atoms. The number of alkyl halides is 3. The van der Waals surface area contributed by atoms with E-state index in [2.05, 4.69) is 17.1 Å². The largest absolute Gasteiger partial charge is 0.416 e. The molecule has 1 aromatic carbocycles. The Labute approximate surface area is 117 Å². The zero-order valence-electron chi connectivity index (χ0n) is 11.5. The van der Waals surface area contributed by atoms with Crippen molar-refractivity contribution < 1.29 is 13.2 Å². The van der Waals surface area contributed by atoms with Gasteiger partial charge in [-0.2, -0.15) is 13.2 Å². The molecule has 1 aliphatic heterocycles. The van der Waals surface area contributed by atoms with E-state index in [1.54, 1.807) is 0 Å². The van der Waals surface area contributed by atoms with Gasteiger partial charge in [-0.3, -0.25) is 4.90 Å². The lowest BCUT2D eigenvalue weighted by atomic mass is 10.1. The number of anilines is 1. The molecule has 2 aliphatic rings. The smallest absolute Gasteiger partial charge is 0.381 e. The molecule has 2 fully saturated rings. The molecule has 0 spiro atoms. The van der Waals surface area contributed by atoms with Crippen molar-refractivity contribution in [2.75, 3.05) is 11.9 Å². The van der Waals surface area contributed by atoms with Gasteiger partial charge in [-0.15, -0.1) is 0 Å². The molecule has 2 atom stereocenters. The molecule has 5 heteroatoms. The number of halogens is 3. The first kappa shape index (κ1) is 13.7. The van der Waals surface area contributed by atoms with Crippen LogP contribution in [0.3, 0.4) is 0 Å². The van der Waals surface area contributed by atoms with Gasteiger partial charge < -0.3 is 5.32 Å². The second kappa shape index (κ2) is 4.95. The fraction of sp³-hybridized carbons (Fsp3) is 0.600. The fourth-order valence-corrected chi connectivity index (χ4v) is 3.07. The molecule has 0 aromatic heterocycles. The Bertz CT molecular complexity index is 465.